The number of piperidine rings is 2. The van der Waals surface area contributed by atoms with E-state index in [1.165, 1.54) is 0 Å². The summed E-state index contributed by atoms with van der Waals surface area (Å²) in [5.74, 6) is 1.31. The smallest absolute Gasteiger partial charge is 0.225 e. The highest BCUT2D eigenvalue weighted by Crippen LogP contribution is 2.25. The number of amides is 1. The van der Waals surface area contributed by atoms with Crippen molar-refractivity contribution in [1.82, 2.24) is 9.80 Å². The summed E-state index contributed by atoms with van der Waals surface area (Å²) in [4.78, 5) is 17.0. The van der Waals surface area contributed by atoms with Crippen molar-refractivity contribution in [3.8, 4) is 0 Å². The lowest BCUT2D eigenvalue weighted by molar-refractivity contribution is -0.138. The van der Waals surface area contributed by atoms with Crippen LogP contribution in [0.15, 0.2) is 30.3 Å². The molecule has 1 amide bonds. The lowest BCUT2D eigenvalue weighted by Gasteiger charge is -2.37. The van der Waals surface area contributed by atoms with E-state index in [0.29, 0.717) is 12.5 Å². The number of aliphatic hydroxyl groups is 1. The second-order valence-corrected chi connectivity index (χ2v) is 7.51. The molecule has 2 saturated heterocycles. The standard InChI is InChI=1S/C20H30N2O2/c1-16-7-13-22(14-8-16)20(24)18-9-11-21(12-10-18)15-19(23)17-5-3-2-4-6-17/h2-6,16,18-19,23H,7-15H2,1H3. The van der Waals surface area contributed by atoms with Crippen LogP contribution in [0.1, 0.15) is 44.3 Å². The summed E-state index contributed by atoms with van der Waals surface area (Å²) in [6.45, 7) is 6.62. The van der Waals surface area contributed by atoms with Gasteiger partial charge >= 0.3 is 0 Å². The van der Waals surface area contributed by atoms with Crippen molar-refractivity contribution >= 4 is 5.91 Å². The van der Waals surface area contributed by atoms with Crippen molar-refractivity contribution in [1.29, 1.82) is 0 Å². The van der Waals surface area contributed by atoms with Crippen LogP contribution in [-0.4, -0.2) is 53.5 Å². The van der Waals surface area contributed by atoms with Crippen molar-refractivity contribution in [3.05, 3.63) is 35.9 Å². The van der Waals surface area contributed by atoms with Gasteiger partial charge in [-0.1, -0.05) is 37.3 Å². The first-order valence-electron chi connectivity index (χ1n) is 9.37. The highest BCUT2D eigenvalue weighted by Gasteiger charge is 2.30. The normalized spacial score (nSPS) is 22.5. The summed E-state index contributed by atoms with van der Waals surface area (Å²) in [6.07, 6.45) is 3.70. The Morgan fingerprint density at radius 1 is 1.08 bits per heavy atom. The number of benzene rings is 1. The number of hydrogen-bond acceptors (Lipinski definition) is 3. The van der Waals surface area contributed by atoms with Gasteiger partial charge in [0.15, 0.2) is 0 Å². The Balaban J connectivity index is 1.45. The molecule has 1 aromatic rings. The number of rotatable bonds is 4. The van der Waals surface area contributed by atoms with E-state index in [0.717, 1.165) is 63.3 Å². The maximum atomic E-state index is 12.7. The fraction of sp³-hybridized carbons (Fsp3) is 0.650. The first kappa shape index (κ1) is 17.4. The molecule has 2 aliphatic heterocycles. The summed E-state index contributed by atoms with van der Waals surface area (Å²) in [5.41, 5.74) is 0.970. The monoisotopic (exact) mass is 330 g/mol. The molecule has 2 heterocycles. The molecule has 1 atom stereocenters. The van der Waals surface area contributed by atoms with Crippen LogP contribution in [0, 0.1) is 11.8 Å². The van der Waals surface area contributed by atoms with E-state index < -0.39 is 6.10 Å². The molecule has 1 N–H and O–H groups in total. The summed E-state index contributed by atoms with van der Waals surface area (Å²) in [5, 5.41) is 10.4. The number of hydrogen-bond donors (Lipinski definition) is 1. The number of β-amino-alcohol motifs (C(OH)–C–C–N with tert-alkyl or cyclic N) is 1. The zero-order valence-corrected chi connectivity index (χ0v) is 14.7. The van der Waals surface area contributed by atoms with Crippen molar-refractivity contribution in [2.75, 3.05) is 32.7 Å². The van der Waals surface area contributed by atoms with Gasteiger partial charge in [0.1, 0.15) is 0 Å². The molecule has 24 heavy (non-hydrogen) atoms. The first-order valence-corrected chi connectivity index (χ1v) is 9.37. The van der Waals surface area contributed by atoms with Crippen LogP contribution >= 0.6 is 0 Å². The third-order valence-electron chi connectivity index (χ3n) is 5.65. The average Bonchev–Trinajstić information content (AvgIpc) is 2.63. The maximum Gasteiger partial charge on any atom is 0.225 e. The zero-order chi connectivity index (χ0) is 16.9. The van der Waals surface area contributed by atoms with E-state index in [1.807, 2.05) is 30.3 Å². The summed E-state index contributed by atoms with van der Waals surface area (Å²) in [7, 11) is 0. The number of carbonyl (C=O) groups excluding carboxylic acids is 1. The molecule has 3 rings (SSSR count). The minimum Gasteiger partial charge on any atom is -0.387 e. The van der Waals surface area contributed by atoms with Crippen LogP contribution in [-0.2, 0) is 4.79 Å². The van der Waals surface area contributed by atoms with E-state index >= 15 is 0 Å². The molecule has 4 nitrogen and oxygen atoms in total. The summed E-state index contributed by atoms with van der Waals surface area (Å²) >= 11 is 0. The van der Waals surface area contributed by atoms with Gasteiger partial charge in [0.25, 0.3) is 0 Å². The minimum absolute atomic E-state index is 0.184. The van der Waals surface area contributed by atoms with Gasteiger partial charge in [-0.25, -0.2) is 0 Å². The second kappa shape index (κ2) is 8.13. The molecule has 0 aromatic heterocycles. The molecular formula is C20H30N2O2. The highest BCUT2D eigenvalue weighted by molar-refractivity contribution is 5.79. The Morgan fingerprint density at radius 2 is 1.71 bits per heavy atom. The quantitative estimate of drug-likeness (QED) is 0.923. The molecule has 0 radical (unpaired) electrons. The van der Waals surface area contributed by atoms with E-state index in [-0.39, 0.29) is 5.92 Å². The maximum absolute atomic E-state index is 12.7. The molecule has 1 aromatic carbocycles. The van der Waals surface area contributed by atoms with Crippen LogP contribution in [0.5, 0.6) is 0 Å². The van der Waals surface area contributed by atoms with Gasteiger partial charge in [-0.3, -0.25) is 4.79 Å². The molecule has 4 heteroatoms. The summed E-state index contributed by atoms with van der Waals surface area (Å²) < 4.78 is 0. The van der Waals surface area contributed by atoms with E-state index in [4.69, 9.17) is 0 Å². The number of likely N-dealkylation sites (tertiary alicyclic amines) is 2. The second-order valence-electron chi connectivity index (χ2n) is 7.51. The molecule has 0 bridgehead atoms. The van der Waals surface area contributed by atoms with Gasteiger partial charge < -0.3 is 14.9 Å². The van der Waals surface area contributed by atoms with E-state index in [2.05, 4.69) is 16.7 Å². The lowest BCUT2D eigenvalue weighted by Crippen LogP contribution is -2.45. The van der Waals surface area contributed by atoms with Gasteiger partial charge in [-0.2, -0.15) is 0 Å². The van der Waals surface area contributed by atoms with Crippen molar-refractivity contribution in [3.63, 3.8) is 0 Å². The Hall–Kier alpha value is -1.39. The van der Waals surface area contributed by atoms with Gasteiger partial charge in [0, 0.05) is 25.6 Å². The van der Waals surface area contributed by atoms with Gasteiger partial charge in [0.2, 0.25) is 5.91 Å². The Morgan fingerprint density at radius 3 is 2.33 bits per heavy atom. The molecule has 1 unspecified atom stereocenters. The number of aliphatic hydroxyl groups excluding tert-OH is 1. The average molecular weight is 330 g/mol. The zero-order valence-electron chi connectivity index (χ0n) is 14.7. The Kier molecular flexibility index (Phi) is 5.90. The van der Waals surface area contributed by atoms with Gasteiger partial charge in [0.05, 0.1) is 6.10 Å². The van der Waals surface area contributed by atoms with Gasteiger partial charge in [-0.05, 0) is 50.3 Å². The predicted molar refractivity (Wildman–Crippen MR) is 95.5 cm³/mol. The van der Waals surface area contributed by atoms with Crippen molar-refractivity contribution < 1.29 is 9.90 Å². The topological polar surface area (TPSA) is 43.8 Å². The molecule has 0 saturated carbocycles. The Labute approximate surface area is 145 Å². The molecule has 2 fully saturated rings. The molecule has 0 aliphatic carbocycles. The van der Waals surface area contributed by atoms with Gasteiger partial charge in [-0.15, -0.1) is 0 Å². The Bertz CT molecular complexity index is 518. The lowest BCUT2D eigenvalue weighted by atomic mass is 9.92. The van der Waals surface area contributed by atoms with E-state index in [1.54, 1.807) is 0 Å². The SMILES string of the molecule is CC1CCN(C(=O)C2CCN(CC(O)c3ccccc3)CC2)CC1. The molecule has 0 spiro atoms. The molecular weight excluding hydrogens is 300 g/mol. The number of nitrogens with zero attached hydrogens (tertiary/aromatic N) is 2. The van der Waals surface area contributed by atoms with Crippen LogP contribution in [0.2, 0.25) is 0 Å². The third-order valence-corrected chi connectivity index (χ3v) is 5.65. The predicted octanol–water partition coefficient (Wildman–Crippen LogP) is 2.69. The largest absolute Gasteiger partial charge is 0.387 e. The van der Waals surface area contributed by atoms with Crippen LogP contribution in [0.25, 0.3) is 0 Å². The highest BCUT2D eigenvalue weighted by atomic mass is 16.3. The summed E-state index contributed by atoms with van der Waals surface area (Å²) in [6, 6.07) is 9.83. The first-order chi connectivity index (χ1) is 11.6. The molecule has 2 aliphatic rings. The van der Waals surface area contributed by atoms with Crippen molar-refractivity contribution in [2.45, 2.75) is 38.7 Å². The van der Waals surface area contributed by atoms with Crippen molar-refractivity contribution in [2.24, 2.45) is 11.8 Å². The van der Waals surface area contributed by atoms with E-state index in [9.17, 15) is 9.90 Å². The minimum atomic E-state index is -0.443. The fourth-order valence-corrected chi connectivity index (χ4v) is 3.87. The van der Waals surface area contributed by atoms with Crippen LogP contribution in [0.3, 0.4) is 0 Å². The fourth-order valence-electron chi connectivity index (χ4n) is 3.87. The van der Waals surface area contributed by atoms with Crippen LogP contribution < -0.4 is 0 Å². The number of carbonyl (C=O) groups is 1. The third kappa shape index (κ3) is 4.37. The molecule has 132 valence electrons. The van der Waals surface area contributed by atoms with Crippen LogP contribution in [0.4, 0.5) is 0 Å².